The van der Waals surface area contributed by atoms with E-state index >= 15 is 0 Å². The summed E-state index contributed by atoms with van der Waals surface area (Å²) >= 11 is 0.820. The third-order valence-electron chi connectivity index (χ3n) is 1.87. The highest BCUT2D eigenvalue weighted by Crippen LogP contribution is 1.98. The highest BCUT2D eigenvalue weighted by atomic mass is 32.1. The average molecular weight is 208 g/mol. The smallest absolute Gasteiger partial charge is 0.258 e. The van der Waals surface area contributed by atoms with Crippen molar-refractivity contribution in [3.05, 3.63) is 56.0 Å². The first-order valence-corrected chi connectivity index (χ1v) is 4.91. The average Bonchev–Trinajstić information content (AvgIpc) is 2.51. The van der Waals surface area contributed by atoms with Crippen LogP contribution in [0.1, 0.15) is 5.56 Å². The first-order valence-electron chi connectivity index (χ1n) is 4.09. The van der Waals surface area contributed by atoms with Crippen molar-refractivity contribution in [3.8, 4) is 0 Å². The minimum Gasteiger partial charge on any atom is -0.258 e. The van der Waals surface area contributed by atoms with Gasteiger partial charge in [0.15, 0.2) is 0 Å². The third kappa shape index (κ3) is 1.67. The second-order valence-electron chi connectivity index (χ2n) is 2.85. The summed E-state index contributed by atoms with van der Waals surface area (Å²) in [6.45, 7) is 0.332. The lowest BCUT2D eigenvalue weighted by Gasteiger charge is -1.98. The zero-order valence-electron chi connectivity index (χ0n) is 7.27. The number of aromatic amines is 1. The van der Waals surface area contributed by atoms with Gasteiger partial charge in [0.05, 0.1) is 6.54 Å². The van der Waals surface area contributed by atoms with Gasteiger partial charge >= 0.3 is 10.6 Å². The van der Waals surface area contributed by atoms with Gasteiger partial charge in [0.1, 0.15) is 0 Å². The van der Waals surface area contributed by atoms with Crippen LogP contribution in [0.5, 0.6) is 0 Å². The number of rotatable bonds is 2. The van der Waals surface area contributed by atoms with Crippen LogP contribution in [0.25, 0.3) is 0 Å². The van der Waals surface area contributed by atoms with Crippen LogP contribution < -0.4 is 10.6 Å². The molecule has 2 aromatic rings. The quantitative estimate of drug-likeness (QED) is 0.787. The van der Waals surface area contributed by atoms with Crippen molar-refractivity contribution >= 4 is 11.5 Å². The number of H-pyrrole nitrogens is 1. The van der Waals surface area contributed by atoms with E-state index in [1.54, 1.807) is 0 Å². The Hall–Kier alpha value is -1.62. The Labute approximate surface area is 83.6 Å². The maximum absolute atomic E-state index is 11.2. The summed E-state index contributed by atoms with van der Waals surface area (Å²) in [5, 5.41) is 0. The number of hydrogen-bond donors (Lipinski definition) is 1. The minimum atomic E-state index is -0.344. The van der Waals surface area contributed by atoms with Crippen LogP contribution >= 0.6 is 11.5 Å². The zero-order valence-corrected chi connectivity index (χ0v) is 8.08. The molecule has 1 N–H and O–H groups in total. The van der Waals surface area contributed by atoms with Gasteiger partial charge in [-0.05, 0) is 5.56 Å². The number of aromatic nitrogens is 2. The van der Waals surface area contributed by atoms with Crippen molar-refractivity contribution in [2.45, 2.75) is 6.54 Å². The molecule has 0 radical (unpaired) electrons. The lowest BCUT2D eigenvalue weighted by Crippen LogP contribution is -2.26. The Morgan fingerprint density at radius 1 is 1.21 bits per heavy atom. The largest absolute Gasteiger partial charge is 0.338 e. The van der Waals surface area contributed by atoms with E-state index in [2.05, 4.69) is 4.37 Å². The SMILES string of the molecule is O=c1[nH]sc(=O)n1Cc1ccccc1. The topological polar surface area (TPSA) is 54.9 Å². The molecule has 0 spiro atoms. The van der Waals surface area contributed by atoms with Gasteiger partial charge in [-0.2, -0.15) is 0 Å². The molecule has 0 aliphatic rings. The molecule has 1 heterocycles. The minimum absolute atomic E-state index is 0.251. The van der Waals surface area contributed by atoms with Gasteiger partial charge in [-0.15, -0.1) is 0 Å². The molecular formula is C9H8N2O2S. The molecule has 4 nitrogen and oxygen atoms in total. The first kappa shape index (κ1) is 8.96. The predicted molar refractivity (Wildman–Crippen MR) is 54.7 cm³/mol. The van der Waals surface area contributed by atoms with E-state index < -0.39 is 0 Å². The Bertz CT molecular complexity index is 496. The van der Waals surface area contributed by atoms with Crippen molar-refractivity contribution < 1.29 is 0 Å². The van der Waals surface area contributed by atoms with Gasteiger partial charge in [-0.3, -0.25) is 9.17 Å². The first-order chi connectivity index (χ1) is 6.77. The van der Waals surface area contributed by atoms with Crippen LogP contribution in [0, 0.1) is 0 Å². The molecule has 0 atom stereocenters. The van der Waals surface area contributed by atoms with Crippen molar-refractivity contribution in [2.75, 3.05) is 0 Å². The van der Waals surface area contributed by atoms with Gasteiger partial charge < -0.3 is 0 Å². The highest BCUT2D eigenvalue weighted by Gasteiger charge is 2.03. The fraction of sp³-hybridized carbons (Fsp3) is 0.111. The van der Waals surface area contributed by atoms with E-state index in [0.29, 0.717) is 6.54 Å². The molecule has 2 rings (SSSR count). The second-order valence-corrected chi connectivity index (χ2v) is 3.60. The van der Waals surface area contributed by atoms with E-state index in [1.807, 2.05) is 30.3 Å². The molecule has 0 saturated heterocycles. The summed E-state index contributed by atoms with van der Waals surface area (Å²) in [7, 11) is 0. The van der Waals surface area contributed by atoms with Gasteiger partial charge in [0, 0.05) is 11.5 Å². The van der Waals surface area contributed by atoms with E-state index in [-0.39, 0.29) is 10.6 Å². The number of nitrogens with zero attached hydrogens (tertiary/aromatic N) is 1. The van der Waals surface area contributed by atoms with Crippen LogP contribution in [0.4, 0.5) is 0 Å². The number of benzene rings is 1. The lowest BCUT2D eigenvalue weighted by molar-refractivity contribution is 0.739. The van der Waals surface area contributed by atoms with Crippen LogP contribution in [0.3, 0.4) is 0 Å². The molecular weight excluding hydrogens is 200 g/mol. The molecule has 0 saturated carbocycles. The van der Waals surface area contributed by atoms with Gasteiger partial charge in [0.25, 0.3) is 0 Å². The summed E-state index contributed by atoms with van der Waals surface area (Å²) in [4.78, 5) is 22.1. The van der Waals surface area contributed by atoms with Crippen molar-refractivity contribution in [1.82, 2.24) is 8.94 Å². The summed E-state index contributed by atoms with van der Waals surface area (Å²) in [6, 6.07) is 9.40. The van der Waals surface area contributed by atoms with E-state index in [9.17, 15) is 9.59 Å². The van der Waals surface area contributed by atoms with Crippen LogP contribution in [-0.4, -0.2) is 8.94 Å². The normalized spacial score (nSPS) is 10.3. The molecule has 0 bridgehead atoms. The monoisotopic (exact) mass is 208 g/mol. The summed E-state index contributed by atoms with van der Waals surface area (Å²) in [5.74, 6) is 0. The molecule has 72 valence electrons. The van der Waals surface area contributed by atoms with E-state index in [0.717, 1.165) is 17.1 Å². The molecule has 1 aromatic heterocycles. The Morgan fingerprint density at radius 2 is 1.93 bits per heavy atom. The summed E-state index contributed by atoms with van der Waals surface area (Å²) < 4.78 is 3.57. The number of nitrogens with one attached hydrogen (secondary N) is 1. The maximum Gasteiger partial charge on any atom is 0.338 e. The highest BCUT2D eigenvalue weighted by molar-refractivity contribution is 7.02. The van der Waals surface area contributed by atoms with Crippen molar-refractivity contribution in [1.29, 1.82) is 0 Å². The lowest BCUT2D eigenvalue weighted by atomic mass is 10.2. The van der Waals surface area contributed by atoms with Crippen LogP contribution in [-0.2, 0) is 6.54 Å². The molecule has 0 unspecified atom stereocenters. The van der Waals surface area contributed by atoms with Crippen molar-refractivity contribution in [3.63, 3.8) is 0 Å². The number of hydrogen-bond acceptors (Lipinski definition) is 3. The molecule has 0 aliphatic heterocycles. The van der Waals surface area contributed by atoms with Gasteiger partial charge in [-0.1, -0.05) is 30.3 Å². The fourth-order valence-corrected chi connectivity index (χ4v) is 1.73. The Morgan fingerprint density at radius 3 is 2.50 bits per heavy atom. The van der Waals surface area contributed by atoms with Crippen LogP contribution in [0.15, 0.2) is 39.9 Å². The summed E-state index contributed by atoms with van der Waals surface area (Å²) in [6.07, 6.45) is 0. The van der Waals surface area contributed by atoms with Crippen LogP contribution in [0.2, 0.25) is 0 Å². The zero-order chi connectivity index (χ0) is 9.97. The summed E-state index contributed by atoms with van der Waals surface area (Å²) in [5.41, 5.74) is 0.599. The predicted octanol–water partition coefficient (Wildman–Crippen LogP) is 0.646. The maximum atomic E-state index is 11.2. The van der Waals surface area contributed by atoms with E-state index in [1.165, 1.54) is 4.57 Å². The third-order valence-corrected chi connectivity index (χ3v) is 2.55. The molecule has 1 aromatic carbocycles. The Balaban J connectivity index is 2.37. The standard InChI is InChI=1S/C9H8N2O2S/c12-8-10-14-9(13)11(8)6-7-4-2-1-3-5-7/h1-5H,6H2,(H,10,12). The van der Waals surface area contributed by atoms with E-state index in [4.69, 9.17) is 0 Å². The van der Waals surface area contributed by atoms with Gasteiger partial charge in [-0.25, -0.2) is 9.36 Å². The van der Waals surface area contributed by atoms with Crippen molar-refractivity contribution in [2.24, 2.45) is 0 Å². The second kappa shape index (κ2) is 3.63. The Kier molecular flexibility index (Phi) is 2.32. The molecule has 14 heavy (non-hydrogen) atoms. The molecule has 0 amide bonds. The molecule has 0 fully saturated rings. The fourth-order valence-electron chi connectivity index (χ4n) is 1.18. The van der Waals surface area contributed by atoms with Gasteiger partial charge in [0.2, 0.25) is 0 Å². The molecule has 5 heteroatoms. The molecule has 0 aliphatic carbocycles.